The van der Waals surface area contributed by atoms with Crippen LogP contribution in [0.5, 0.6) is 0 Å². The van der Waals surface area contributed by atoms with Crippen molar-refractivity contribution in [2.75, 3.05) is 11.0 Å². The van der Waals surface area contributed by atoms with Crippen molar-refractivity contribution in [3.05, 3.63) is 12.0 Å². The molecule has 0 aliphatic rings. The fourth-order valence-corrected chi connectivity index (χ4v) is 2.42. The highest BCUT2D eigenvalue weighted by Crippen LogP contribution is 2.03. The summed E-state index contributed by atoms with van der Waals surface area (Å²) in [4.78, 5) is 6.48. The highest BCUT2D eigenvalue weighted by molar-refractivity contribution is 14.1. The Morgan fingerprint density at radius 1 is 1.69 bits per heavy atom. The monoisotopic (exact) mass is 315 g/mol. The lowest BCUT2D eigenvalue weighted by Crippen LogP contribution is -2.25. The molecule has 0 atom stereocenters. The maximum absolute atomic E-state index is 11.4. The van der Waals surface area contributed by atoms with Gasteiger partial charge in [0.1, 0.15) is 5.82 Å². The standard InChI is InChI=1S/C6H10IN3O2S/c1-5-8-4-6(10-5)13(11,12)9-3-2-7/h4,9H,2-3H2,1H3,(H,8,10). The van der Waals surface area contributed by atoms with E-state index in [2.05, 4.69) is 37.3 Å². The number of alkyl halides is 1. The van der Waals surface area contributed by atoms with Gasteiger partial charge in [-0.25, -0.2) is 18.1 Å². The van der Waals surface area contributed by atoms with Crippen molar-refractivity contribution in [2.24, 2.45) is 0 Å². The Morgan fingerprint density at radius 3 is 2.85 bits per heavy atom. The second kappa shape index (κ2) is 4.38. The van der Waals surface area contributed by atoms with Crippen LogP contribution >= 0.6 is 22.6 Å². The summed E-state index contributed by atoms with van der Waals surface area (Å²) in [5, 5.41) is 0.120. The third kappa shape index (κ3) is 2.92. The quantitative estimate of drug-likeness (QED) is 0.625. The van der Waals surface area contributed by atoms with Crippen molar-refractivity contribution in [3.63, 3.8) is 0 Å². The molecule has 5 nitrogen and oxygen atoms in total. The average molecular weight is 315 g/mol. The van der Waals surface area contributed by atoms with Gasteiger partial charge in [-0.1, -0.05) is 22.6 Å². The van der Waals surface area contributed by atoms with Crippen LogP contribution < -0.4 is 4.72 Å². The van der Waals surface area contributed by atoms with Gasteiger partial charge in [0, 0.05) is 11.0 Å². The molecule has 7 heteroatoms. The normalized spacial score (nSPS) is 11.8. The number of sulfonamides is 1. The smallest absolute Gasteiger partial charge is 0.257 e. The van der Waals surface area contributed by atoms with Crippen molar-refractivity contribution in [3.8, 4) is 0 Å². The number of H-pyrrole nitrogens is 1. The summed E-state index contributed by atoms with van der Waals surface area (Å²) < 4.78 is 26.0. The van der Waals surface area contributed by atoms with Crippen molar-refractivity contribution in [1.82, 2.24) is 14.7 Å². The summed E-state index contributed by atoms with van der Waals surface area (Å²) in [6.45, 7) is 2.14. The first-order valence-electron chi connectivity index (χ1n) is 3.63. The topological polar surface area (TPSA) is 74.8 Å². The minimum Gasteiger partial charge on any atom is -0.332 e. The molecule has 1 aromatic rings. The number of nitrogens with one attached hydrogen (secondary N) is 2. The maximum Gasteiger partial charge on any atom is 0.257 e. The summed E-state index contributed by atoms with van der Waals surface area (Å²) in [5.74, 6) is 0.592. The van der Waals surface area contributed by atoms with Gasteiger partial charge in [-0.3, -0.25) is 0 Å². The van der Waals surface area contributed by atoms with Gasteiger partial charge >= 0.3 is 0 Å². The predicted molar refractivity (Wildman–Crippen MR) is 57.4 cm³/mol. The van der Waals surface area contributed by atoms with Crippen molar-refractivity contribution in [1.29, 1.82) is 0 Å². The summed E-state index contributed by atoms with van der Waals surface area (Å²) in [7, 11) is -3.37. The number of aromatic amines is 1. The van der Waals surface area contributed by atoms with Gasteiger partial charge < -0.3 is 4.98 Å². The van der Waals surface area contributed by atoms with Crippen LogP contribution in [0, 0.1) is 6.92 Å². The molecule has 0 aliphatic heterocycles. The minimum absolute atomic E-state index is 0.120. The first kappa shape index (κ1) is 10.9. The van der Waals surface area contributed by atoms with Crippen molar-refractivity contribution < 1.29 is 8.42 Å². The molecule has 0 unspecified atom stereocenters. The molecule has 0 saturated carbocycles. The number of halogens is 1. The second-order valence-electron chi connectivity index (χ2n) is 2.42. The predicted octanol–water partition coefficient (Wildman–Crippen LogP) is 0.431. The molecule has 0 aromatic carbocycles. The van der Waals surface area contributed by atoms with E-state index >= 15 is 0 Å². The van der Waals surface area contributed by atoms with Crippen LogP contribution in [0.15, 0.2) is 11.2 Å². The fourth-order valence-electron chi connectivity index (χ4n) is 0.786. The Hall–Kier alpha value is -0.150. The Morgan fingerprint density at radius 2 is 2.38 bits per heavy atom. The van der Waals surface area contributed by atoms with Gasteiger partial charge in [0.2, 0.25) is 0 Å². The van der Waals surface area contributed by atoms with Crippen LogP contribution in [0.3, 0.4) is 0 Å². The number of aryl methyl sites for hydroxylation is 1. The lowest BCUT2D eigenvalue weighted by atomic mass is 10.8. The van der Waals surface area contributed by atoms with E-state index in [1.54, 1.807) is 6.92 Å². The van der Waals surface area contributed by atoms with Gasteiger partial charge in [-0.2, -0.15) is 0 Å². The largest absolute Gasteiger partial charge is 0.332 e. The number of nitrogens with zero attached hydrogens (tertiary/aromatic N) is 1. The molecular formula is C6H10IN3O2S. The van der Waals surface area contributed by atoms with Gasteiger partial charge in [-0.05, 0) is 6.92 Å². The highest BCUT2D eigenvalue weighted by atomic mass is 127. The number of hydrogen-bond donors (Lipinski definition) is 2. The molecule has 0 bridgehead atoms. The van der Waals surface area contributed by atoms with E-state index in [-0.39, 0.29) is 5.03 Å². The molecule has 0 spiro atoms. The molecule has 0 radical (unpaired) electrons. The van der Waals surface area contributed by atoms with Crippen LogP contribution in [0.25, 0.3) is 0 Å². The van der Waals surface area contributed by atoms with Crippen LogP contribution in [-0.4, -0.2) is 29.4 Å². The van der Waals surface area contributed by atoms with Crippen LogP contribution in [0.2, 0.25) is 0 Å². The van der Waals surface area contributed by atoms with E-state index in [0.29, 0.717) is 12.4 Å². The zero-order valence-corrected chi connectivity index (χ0v) is 10.0. The Balaban J connectivity index is 2.82. The summed E-state index contributed by atoms with van der Waals surface area (Å²) >= 11 is 2.10. The van der Waals surface area contributed by atoms with Crippen molar-refractivity contribution in [2.45, 2.75) is 11.9 Å². The third-order valence-electron chi connectivity index (χ3n) is 1.36. The van der Waals surface area contributed by atoms with Crippen molar-refractivity contribution >= 4 is 32.6 Å². The zero-order valence-electron chi connectivity index (χ0n) is 7.04. The molecule has 0 aliphatic carbocycles. The van der Waals surface area contributed by atoms with Gasteiger partial charge in [-0.15, -0.1) is 0 Å². The molecule has 0 saturated heterocycles. The average Bonchev–Trinajstić information content (AvgIpc) is 2.49. The number of hydrogen-bond acceptors (Lipinski definition) is 3. The van der Waals surface area contributed by atoms with E-state index < -0.39 is 10.0 Å². The first-order chi connectivity index (χ1) is 6.06. The van der Waals surface area contributed by atoms with Gasteiger partial charge in [0.25, 0.3) is 10.0 Å². The SMILES string of the molecule is Cc1ncc(S(=O)(=O)NCCI)[nH]1. The first-order valence-corrected chi connectivity index (χ1v) is 6.64. The fraction of sp³-hybridized carbons (Fsp3) is 0.500. The molecule has 1 aromatic heterocycles. The summed E-state index contributed by atoms with van der Waals surface area (Å²) in [6.07, 6.45) is 1.31. The maximum atomic E-state index is 11.4. The van der Waals surface area contributed by atoms with E-state index in [1.807, 2.05) is 0 Å². The molecule has 1 rings (SSSR count). The molecule has 1 heterocycles. The van der Waals surface area contributed by atoms with Gasteiger partial charge in [0.15, 0.2) is 5.03 Å². The summed E-state index contributed by atoms with van der Waals surface area (Å²) in [5.41, 5.74) is 0. The van der Waals surface area contributed by atoms with Crippen LogP contribution in [0.1, 0.15) is 5.82 Å². The molecule has 2 N–H and O–H groups in total. The molecule has 0 fully saturated rings. The Labute approximate surface area is 90.5 Å². The number of aromatic nitrogens is 2. The minimum atomic E-state index is -3.37. The Kier molecular flexibility index (Phi) is 3.68. The zero-order chi connectivity index (χ0) is 9.90. The molecule has 74 valence electrons. The summed E-state index contributed by atoms with van der Waals surface area (Å²) in [6, 6.07) is 0. The number of rotatable bonds is 4. The van der Waals surface area contributed by atoms with E-state index in [9.17, 15) is 8.42 Å². The molecule has 13 heavy (non-hydrogen) atoms. The third-order valence-corrected chi connectivity index (χ3v) is 3.27. The number of imidazole rings is 1. The molecular weight excluding hydrogens is 305 g/mol. The second-order valence-corrected chi connectivity index (χ2v) is 5.23. The lowest BCUT2D eigenvalue weighted by Gasteiger charge is -2.00. The highest BCUT2D eigenvalue weighted by Gasteiger charge is 2.14. The van der Waals surface area contributed by atoms with Gasteiger partial charge in [0.05, 0.1) is 6.20 Å². The van der Waals surface area contributed by atoms with E-state index in [0.717, 1.165) is 4.43 Å². The van der Waals surface area contributed by atoms with E-state index in [1.165, 1.54) is 6.20 Å². The van der Waals surface area contributed by atoms with Crippen LogP contribution in [0.4, 0.5) is 0 Å². The Bertz CT molecular complexity index is 373. The van der Waals surface area contributed by atoms with E-state index in [4.69, 9.17) is 0 Å². The lowest BCUT2D eigenvalue weighted by molar-refractivity contribution is 0.581. The molecule has 0 amide bonds. The van der Waals surface area contributed by atoms with Crippen LogP contribution in [-0.2, 0) is 10.0 Å².